The Balaban J connectivity index is 1.95. The SMILES string of the molecule is COc1ccccc1C[C@@H](CNC(=O)[C@@H]1CC=CCC1)C(=O)O. The molecule has 0 unspecified atom stereocenters. The summed E-state index contributed by atoms with van der Waals surface area (Å²) >= 11 is 0. The minimum atomic E-state index is -0.917. The largest absolute Gasteiger partial charge is 0.496 e. The maximum absolute atomic E-state index is 12.1. The Kier molecular flexibility index (Phi) is 6.20. The Hall–Kier alpha value is -2.30. The summed E-state index contributed by atoms with van der Waals surface area (Å²) < 4.78 is 5.26. The lowest BCUT2D eigenvalue weighted by atomic mass is 9.93. The minimum absolute atomic E-state index is 0.0410. The van der Waals surface area contributed by atoms with E-state index in [1.165, 1.54) is 0 Å². The van der Waals surface area contributed by atoms with Crippen molar-refractivity contribution in [2.75, 3.05) is 13.7 Å². The smallest absolute Gasteiger partial charge is 0.308 e. The third-order valence-electron chi connectivity index (χ3n) is 4.17. The van der Waals surface area contributed by atoms with Gasteiger partial charge in [0.05, 0.1) is 13.0 Å². The lowest BCUT2D eigenvalue weighted by molar-refractivity contribution is -0.141. The van der Waals surface area contributed by atoms with Crippen LogP contribution in [0.5, 0.6) is 5.75 Å². The van der Waals surface area contributed by atoms with E-state index in [-0.39, 0.29) is 18.4 Å². The van der Waals surface area contributed by atoms with E-state index in [9.17, 15) is 14.7 Å². The molecule has 2 N–H and O–H groups in total. The Morgan fingerprint density at radius 3 is 2.78 bits per heavy atom. The predicted octanol–water partition coefficient (Wildman–Crippen LogP) is 2.41. The number of para-hydroxylation sites is 1. The first-order chi connectivity index (χ1) is 11.1. The fourth-order valence-electron chi connectivity index (χ4n) is 2.78. The van der Waals surface area contributed by atoms with E-state index in [1.54, 1.807) is 13.2 Å². The number of aliphatic carboxylic acids is 1. The predicted molar refractivity (Wildman–Crippen MR) is 87.3 cm³/mol. The van der Waals surface area contributed by atoms with Gasteiger partial charge >= 0.3 is 5.97 Å². The molecule has 0 aliphatic heterocycles. The molecule has 2 atom stereocenters. The van der Waals surface area contributed by atoms with E-state index in [2.05, 4.69) is 11.4 Å². The molecule has 0 radical (unpaired) electrons. The number of hydrogen-bond donors (Lipinski definition) is 2. The summed E-state index contributed by atoms with van der Waals surface area (Å²) in [6, 6.07) is 7.35. The summed E-state index contributed by atoms with van der Waals surface area (Å²) in [6.45, 7) is 0.131. The molecule has 2 rings (SSSR count). The first kappa shape index (κ1) is 17.1. The standard InChI is InChI=1S/C18H23NO4/c1-23-16-10-6-5-9-14(16)11-15(18(21)22)12-19-17(20)13-7-3-2-4-8-13/h2-3,5-6,9-10,13,15H,4,7-8,11-12H2,1H3,(H,19,20)(H,21,22)/t13-,15+/m1/s1. The number of nitrogens with one attached hydrogen (secondary N) is 1. The van der Waals surface area contributed by atoms with Gasteiger partial charge in [-0.15, -0.1) is 0 Å². The molecule has 23 heavy (non-hydrogen) atoms. The molecule has 0 bridgehead atoms. The van der Waals surface area contributed by atoms with Crippen LogP contribution in [-0.4, -0.2) is 30.6 Å². The number of carboxylic acids is 1. The number of carbonyl (C=O) groups is 2. The highest BCUT2D eigenvalue weighted by Gasteiger charge is 2.23. The summed E-state index contributed by atoms with van der Waals surface area (Å²) in [6.07, 6.45) is 6.87. The van der Waals surface area contributed by atoms with Crippen molar-refractivity contribution in [2.24, 2.45) is 11.8 Å². The van der Waals surface area contributed by atoms with Gasteiger partial charge in [0.1, 0.15) is 5.75 Å². The zero-order valence-electron chi connectivity index (χ0n) is 13.3. The van der Waals surface area contributed by atoms with Gasteiger partial charge in [0, 0.05) is 12.5 Å². The first-order valence-electron chi connectivity index (χ1n) is 7.89. The number of methoxy groups -OCH3 is 1. The van der Waals surface area contributed by atoms with Gasteiger partial charge in [0.2, 0.25) is 5.91 Å². The Morgan fingerprint density at radius 2 is 2.13 bits per heavy atom. The van der Waals surface area contributed by atoms with Crippen LogP contribution >= 0.6 is 0 Å². The molecule has 1 aliphatic rings. The molecule has 0 spiro atoms. The molecule has 1 aliphatic carbocycles. The average molecular weight is 317 g/mol. The zero-order chi connectivity index (χ0) is 16.7. The molecule has 5 heteroatoms. The van der Waals surface area contributed by atoms with Gasteiger partial charge in [-0.2, -0.15) is 0 Å². The number of allylic oxidation sites excluding steroid dienone is 2. The van der Waals surface area contributed by atoms with Gasteiger partial charge in [-0.1, -0.05) is 30.4 Å². The summed E-state index contributed by atoms with van der Waals surface area (Å²) in [5.74, 6) is -1.02. The lowest BCUT2D eigenvalue weighted by Crippen LogP contribution is -2.37. The molecule has 0 saturated heterocycles. The topological polar surface area (TPSA) is 75.6 Å². The second-order valence-electron chi connectivity index (χ2n) is 5.78. The Morgan fingerprint density at radius 1 is 1.35 bits per heavy atom. The first-order valence-corrected chi connectivity index (χ1v) is 7.89. The molecule has 5 nitrogen and oxygen atoms in total. The summed E-state index contributed by atoms with van der Waals surface area (Å²) in [5.41, 5.74) is 0.831. The van der Waals surface area contributed by atoms with Crippen molar-refractivity contribution in [1.29, 1.82) is 0 Å². The van der Waals surface area contributed by atoms with E-state index >= 15 is 0 Å². The van der Waals surface area contributed by atoms with Crippen molar-refractivity contribution in [3.8, 4) is 5.75 Å². The van der Waals surface area contributed by atoms with Gasteiger partial charge in [-0.25, -0.2) is 0 Å². The normalized spacial score (nSPS) is 18.2. The molecule has 1 amide bonds. The molecule has 1 aromatic rings. The van der Waals surface area contributed by atoms with Crippen LogP contribution < -0.4 is 10.1 Å². The van der Waals surface area contributed by atoms with Crippen molar-refractivity contribution in [2.45, 2.75) is 25.7 Å². The molecule has 1 aromatic carbocycles. The van der Waals surface area contributed by atoms with Crippen LogP contribution in [0.25, 0.3) is 0 Å². The van der Waals surface area contributed by atoms with Gasteiger partial charge in [-0.05, 0) is 37.3 Å². The van der Waals surface area contributed by atoms with Crippen molar-refractivity contribution >= 4 is 11.9 Å². The lowest BCUT2D eigenvalue weighted by Gasteiger charge is -2.20. The van der Waals surface area contributed by atoms with Crippen molar-refractivity contribution in [1.82, 2.24) is 5.32 Å². The quantitative estimate of drug-likeness (QED) is 0.757. The zero-order valence-corrected chi connectivity index (χ0v) is 13.3. The molecule has 124 valence electrons. The van der Waals surface area contributed by atoms with Crippen LogP contribution in [0.15, 0.2) is 36.4 Å². The van der Waals surface area contributed by atoms with Gasteiger partial charge in [-0.3, -0.25) is 9.59 Å². The van der Waals surface area contributed by atoms with Crippen LogP contribution in [0.1, 0.15) is 24.8 Å². The summed E-state index contributed by atoms with van der Waals surface area (Å²) in [7, 11) is 1.56. The van der Waals surface area contributed by atoms with Crippen molar-refractivity contribution < 1.29 is 19.4 Å². The fourth-order valence-corrected chi connectivity index (χ4v) is 2.78. The highest BCUT2D eigenvalue weighted by molar-refractivity contribution is 5.80. The molecule has 0 heterocycles. The number of ether oxygens (including phenoxy) is 1. The van der Waals surface area contributed by atoms with Gasteiger partial charge < -0.3 is 15.2 Å². The monoisotopic (exact) mass is 317 g/mol. The second kappa shape index (κ2) is 8.36. The van der Waals surface area contributed by atoms with Crippen LogP contribution in [0.4, 0.5) is 0 Å². The fraction of sp³-hybridized carbons (Fsp3) is 0.444. The number of hydrogen-bond acceptors (Lipinski definition) is 3. The third-order valence-corrected chi connectivity index (χ3v) is 4.17. The number of benzene rings is 1. The highest BCUT2D eigenvalue weighted by Crippen LogP contribution is 2.22. The molecular weight excluding hydrogens is 294 g/mol. The Labute approximate surface area is 136 Å². The van der Waals surface area contributed by atoms with E-state index in [0.717, 1.165) is 24.8 Å². The minimum Gasteiger partial charge on any atom is -0.496 e. The summed E-state index contributed by atoms with van der Waals surface area (Å²) in [5, 5.41) is 12.2. The second-order valence-corrected chi connectivity index (χ2v) is 5.78. The van der Waals surface area contributed by atoms with Crippen LogP contribution in [0, 0.1) is 11.8 Å². The van der Waals surface area contributed by atoms with E-state index < -0.39 is 11.9 Å². The van der Waals surface area contributed by atoms with Crippen LogP contribution in [-0.2, 0) is 16.0 Å². The number of carboxylic acid groups (broad SMARTS) is 1. The number of carbonyl (C=O) groups excluding carboxylic acids is 1. The van der Waals surface area contributed by atoms with Crippen molar-refractivity contribution in [3.05, 3.63) is 42.0 Å². The number of rotatable bonds is 7. The Bertz CT molecular complexity index is 582. The average Bonchev–Trinajstić information content (AvgIpc) is 2.59. The highest BCUT2D eigenvalue weighted by atomic mass is 16.5. The van der Waals surface area contributed by atoms with E-state index in [4.69, 9.17) is 4.74 Å². The van der Waals surface area contributed by atoms with Crippen LogP contribution in [0.2, 0.25) is 0 Å². The van der Waals surface area contributed by atoms with Crippen molar-refractivity contribution in [3.63, 3.8) is 0 Å². The third kappa shape index (κ3) is 4.84. The van der Waals surface area contributed by atoms with E-state index in [1.807, 2.05) is 24.3 Å². The molecule has 0 fully saturated rings. The molecule has 0 saturated carbocycles. The maximum Gasteiger partial charge on any atom is 0.308 e. The molecular formula is C18H23NO4. The number of amides is 1. The summed E-state index contributed by atoms with van der Waals surface area (Å²) in [4.78, 5) is 23.6. The maximum atomic E-state index is 12.1. The van der Waals surface area contributed by atoms with Crippen LogP contribution in [0.3, 0.4) is 0 Å². The van der Waals surface area contributed by atoms with Gasteiger partial charge in [0.25, 0.3) is 0 Å². The van der Waals surface area contributed by atoms with Gasteiger partial charge in [0.15, 0.2) is 0 Å². The van der Waals surface area contributed by atoms with E-state index in [0.29, 0.717) is 12.2 Å². The molecule has 0 aromatic heterocycles.